The topological polar surface area (TPSA) is 108 Å². The van der Waals surface area contributed by atoms with Crippen LogP contribution in [0.5, 0.6) is 5.75 Å². The largest absolute Gasteiger partial charge is 0.484 e. The molecule has 2 amide bonds. The lowest BCUT2D eigenvalue weighted by Gasteiger charge is -2.14. The van der Waals surface area contributed by atoms with Crippen LogP contribution in [0.1, 0.15) is 42.6 Å². The van der Waals surface area contributed by atoms with Gasteiger partial charge in [0.15, 0.2) is 12.7 Å². The van der Waals surface area contributed by atoms with Gasteiger partial charge in [-0.15, -0.1) is 0 Å². The number of carbonyl (C=O) groups is 3. The van der Waals surface area contributed by atoms with Gasteiger partial charge in [-0.05, 0) is 54.8 Å². The number of benzene rings is 2. The van der Waals surface area contributed by atoms with E-state index < -0.39 is 23.9 Å². The number of carbonyl (C=O) groups excluding carboxylic acids is 3. The quantitative estimate of drug-likeness (QED) is 0.681. The Morgan fingerprint density at radius 2 is 1.57 bits per heavy atom. The van der Waals surface area contributed by atoms with Crippen molar-refractivity contribution in [1.82, 2.24) is 0 Å². The third-order valence-corrected chi connectivity index (χ3v) is 3.97. The summed E-state index contributed by atoms with van der Waals surface area (Å²) in [6.07, 6.45) is -0.969. The fourth-order valence-corrected chi connectivity index (χ4v) is 2.32. The van der Waals surface area contributed by atoms with Gasteiger partial charge in [-0.25, -0.2) is 4.79 Å². The number of nitrogens with two attached hydrogens (primary N) is 1. The molecular formula is C21H24N2O5. The zero-order valence-corrected chi connectivity index (χ0v) is 16.1. The van der Waals surface area contributed by atoms with Crippen LogP contribution in [0.3, 0.4) is 0 Å². The minimum absolute atomic E-state index is 0.251. The summed E-state index contributed by atoms with van der Waals surface area (Å²) in [5.41, 5.74) is 7.06. The predicted octanol–water partition coefficient (Wildman–Crippen LogP) is 2.86. The summed E-state index contributed by atoms with van der Waals surface area (Å²) in [6, 6.07) is 13.5. The molecule has 0 aromatic heterocycles. The number of hydrogen-bond acceptors (Lipinski definition) is 5. The third-order valence-electron chi connectivity index (χ3n) is 3.97. The van der Waals surface area contributed by atoms with E-state index in [0.29, 0.717) is 17.4 Å². The molecule has 0 aliphatic rings. The first-order chi connectivity index (χ1) is 13.3. The number of ether oxygens (including phenoxy) is 2. The molecule has 0 heterocycles. The van der Waals surface area contributed by atoms with Gasteiger partial charge in [0.2, 0.25) is 0 Å². The van der Waals surface area contributed by atoms with Crippen molar-refractivity contribution >= 4 is 23.5 Å². The van der Waals surface area contributed by atoms with Crippen molar-refractivity contribution in [3.63, 3.8) is 0 Å². The van der Waals surface area contributed by atoms with Crippen molar-refractivity contribution < 1.29 is 23.9 Å². The Bertz CT molecular complexity index is 829. The SMILES string of the molecule is CC(C)c1ccc(NC(=O)[C@@H](C)OC(=O)c2ccc(OCC(N)=O)cc2)cc1. The molecule has 0 unspecified atom stereocenters. The third kappa shape index (κ3) is 6.12. The van der Waals surface area contributed by atoms with Gasteiger partial charge in [0.25, 0.3) is 11.8 Å². The van der Waals surface area contributed by atoms with Gasteiger partial charge < -0.3 is 20.5 Å². The molecule has 0 radical (unpaired) electrons. The minimum Gasteiger partial charge on any atom is -0.484 e. The average molecular weight is 384 g/mol. The Morgan fingerprint density at radius 3 is 2.11 bits per heavy atom. The Morgan fingerprint density at radius 1 is 0.964 bits per heavy atom. The summed E-state index contributed by atoms with van der Waals surface area (Å²) in [7, 11) is 0. The van der Waals surface area contributed by atoms with E-state index in [0.717, 1.165) is 0 Å². The highest BCUT2D eigenvalue weighted by atomic mass is 16.5. The first-order valence-corrected chi connectivity index (χ1v) is 8.89. The Kier molecular flexibility index (Phi) is 7.14. The van der Waals surface area contributed by atoms with Gasteiger partial charge >= 0.3 is 5.97 Å². The van der Waals surface area contributed by atoms with Gasteiger partial charge in [0.05, 0.1) is 5.56 Å². The summed E-state index contributed by atoms with van der Waals surface area (Å²) < 4.78 is 10.3. The zero-order valence-electron chi connectivity index (χ0n) is 16.1. The van der Waals surface area contributed by atoms with E-state index in [1.165, 1.54) is 36.8 Å². The number of rotatable bonds is 8. The number of anilines is 1. The smallest absolute Gasteiger partial charge is 0.338 e. The maximum absolute atomic E-state index is 12.2. The maximum Gasteiger partial charge on any atom is 0.338 e. The second kappa shape index (κ2) is 9.55. The van der Waals surface area contributed by atoms with Gasteiger partial charge in [0, 0.05) is 5.69 Å². The standard InChI is InChI=1S/C21H24N2O5/c1-13(2)15-4-8-17(9-5-15)23-20(25)14(3)28-21(26)16-6-10-18(11-7-16)27-12-19(22)24/h4-11,13-14H,12H2,1-3H3,(H2,22,24)(H,23,25)/t14-/m1/s1. The van der Waals surface area contributed by atoms with Crippen molar-refractivity contribution in [2.24, 2.45) is 5.73 Å². The minimum atomic E-state index is -0.969. The Balaban J connectivity index is 1.90. The Labute approximate surface area is 163 Å². The van der Waals surface area contributed by atoms with Gasteiger partial charge in [-0.3, -0.25) is 9.59 Å². The molecule has 7 heteroatoms. The zero-order chi connectivity index (χ0) is 20.7. The highest BCUT2D eigenvalue weighted by Crippen LogP contribution is 2.18. The van der Waals surface area contributed by atoms with Crippen LogP contribution < -0.4 is 15.8 Å². The number of primary amides is 1. The fourth-order valence-electron chi connectivity index (χ4n) is 2.32. The van der Waals surface area contributed by atoms with Crippen molar-refractivity contribution in [2.75, 3.05) is 11.9 Å². The molecular weight excluding hydrogens is 360 g/mol. The molecule has 2 aromatic rings. The van der Waals surface area contributed by atoms with Crippen LogP contribution in [0.4, 0.5) is 5.69 Å². The second-order valence-corrected chi connectivity index (χ2v) is 6.59. The average Bonchev–Trinajstić information content (AvgIpc) is 2.67. The van der Waals surface area contributed by atoms with Crippen LogP contribution in [0.15, 0.2) is 48.5 Å². The molecule has 7 nitrogen and oxygen atoms in total. The van der Waals surface area contributed by atoms with Gasteiger partial charge in [-0.2, -0.15) is 0 Å². The van der Waals surface area contributed by atoms with Crippen molar-refractivity contribution in [3.8, 4) is 5.75 Å². The van der Waals surface area contributed by atoms with E-state index in [2.05, 4.69) is 19.2 Å². The summed E-state index contributed by atoms with van der Waals surface area (Å²) in [5, 5.41) is 2.72. The molecule has 3 N–H and O–H groups in total. The summed E-state index contributed by atoms with van der Waals surface area (Å²) in [6.45, 7) is 5.43. The summed E-state index contributed by atoms with van der Waals surface area (Å²) in [5.74, 6) is -0.864. The van der Waals surface area contributed by atoms with Crippen LogP contribution in [-0.4, -0.2) is 30.5 Å². The molecule has 2 aromatic carbocycles. The van der Waals surface area contributed by atoms with Gasteiger partial charge in [-0.1, -0.05) is 26.0 Å². The molecule has 0 saturated heterocycles. The number of amides is 2. The molecule has 2 rings (SSSR count). The first kappa shape index (κ1) is 21.0. The lowest BCUT2D eigenvalue weighted by molar-refractivity contribution is -0.123. The first-order valence-electron chi connectivity index (χ1n) is 8.89. The van der Waals surface area contributed by atoms with Crippen molar-refractivity contribution in [2.45, 2.75) is 32.8 Å². The highest BCUT2D eigenvalue weighted by Gasteiger charge is 2.19. The van der Waals surface area contributed by atoms with E-state index in [4.69, 9.17) is 15.2 Å². The second-order valence-electron chi connectivity index (χ2n) is 6.59. The van der Waals surface area contributed by atoms with Crippen LogP contribution in [-0.2, 0) is 14.3 Å². The molecule has 0 spiro atoms. The number of esters is 1. The Hall–Kier alpha value is -3.35. The van der Waals surface area contributed by atoms with Crippen LogP contribution in [0, 0.1) is 0 Å². The lowest BCUT2D eigenvalue weighted by Crippen LogP contribution is -2.30. The highest BCUT2D eigenvalue weighted by molar-refractivity contribution is 5.97. The summed E-state index contributed by atoms with van der Waals surface area (Å²) in [4.78, 5) is 35.1. The fraction of sp³-hybridized carbons (Fsp3) is 0.286. The molecule has 0 aliphatic heterocycles. The number of nitrogens with one attached hydrogen (secondary N) is 1. The molecule has 0 fully saturated rings. The maximum atomic E-state index is 12.2. The monoisotopic (exact) mass is 384 g/mol. The van der Waals surface area contributed by atoms with E-state index in [9.17, 15) is 14.4 Å². The van der Waals surface area contributed by atoms with Crippen molar-refractivity contribution in [3.05, 3.63) is 59.7 Å². The van der Waals surface area contributed by atoms with Crippen molar-refractivity contribution in [1.29, 1.82) is 0 Å². The van der Waals surface area contributed by atoms with Crippen LogP contribution in [0.25, 0.3) is 0 Å². The molecule has 0 aliphatic carbocycles. The van der Waals surface area contributed by atoms with Crippen LogP contribution in [0.2, 0.25) is 0 Å². The normalized spacial score (nSPS) is 11.6. The molecule has 148 valence electrons. The molecule has 0 bridgehead atoms. The molecule has 0 saturated carbocycles. The van der Waals surface area contributed by atoms with E-state index in [1.807, 2.05) is 24.3 Å². The van der Waals surface area contributed by atoms with E-state index >= 15 is 0 Å². The van der Waals surface area contributed by atoms with E-state index in [-0.39, 0.29) is 12.2 Å². The van der Waals surface area contributed by atoms with E-state index in [1.54, 1.807) is 0 Å². The lowest BCUT2D eigenvalue weighted by atomic mass is 10.0. The predicted molar refractivity (Wildman–Crippen MR) is 105 cm³/mol. The van der Waals surface area contributed by atoms with Gasteiger partial charge in [0.1, 0.15) is 5.75 Å². The number of hydrogen-bond donors (Lipinski definition) is 2. The summed E-state index contributed by atoms with van der Waals surface area (Å²) >= 11 is 0. The molecule has 28 heavy (non-hydrogen) atoms. The molecule has 1 atom stereocenters. The van der Waals surface area contributed by atoms with Crippen LogP contribution >= 0.6 is 0 Å².